The van der Waals surface area contributed by atoms with E-state index in [0.717, 1.165) is 30.8 Å². The Morgan fingerprint density at radius 1 is 1.00 bits per heavy atom. The van der Waals surface area contributed by atoms with E-state index < -0.39 is 29.7 Å². The van der Waals surface area contributed by atoms with Crippen molar-refractivity contribution >= 4 is 35.2 Å². The van der Waals surface area contributed by atoms with Crippen molar-refractivity contribution in [3.63, 3.8) is 0 Å². The first-order valence-electron chi connectivity index (χ1n) is 13.7. The van der Waals surface area contributed by atoms with Gasteiger partial charge in [0.1, 0.15) is 6.04 Å². The van der Waals surface area contributed by atoms with E-state index in [4.69, 9.17) is 14.2 Å². The Balaban J connectivity index is 1.32. The number of carbonyl (C=O) groups excluding carboxylic acids is 5. The zero-order chi connectivity index (χ0) is 28.2. The Kier molecular flexibility index (Phi) is 12.0. The van der Waals surface area contributed by atoms with Crippen LogP contribution in [0.1, 0.15) is 79.5 Å². The molecule has 1 aromatic rings. The van der Waals surface area contributed by atoms with Crippen LogP contribution in [-0.2, 0) is 28.6 Å². The first-order valence-corrected chi connectivity index (χ1v) is 13.7. The Bertz CT molecular complexity index is 1040. The van der Waals surface area contributed by atoms with E-state index in [1.54, 1.807) is 12.1 Å². The maximum atomic E-state index is 13.1. The highest BCUT2D eigenvalue weighted by Crippen LogP contribution is 2.32. The van der Waals surface area contributed by atoms with Crippen molar-refractivity contribution in [1.29, 1.82) is 0 Å². The van der Waals surface area contributed by atoms with Crippen LogP contribution in [0, 0.1) is 5.92 Å². The van der Waals surface area contributed by atoms with Crippen molar-refractivity contribution in [3.8, 4) is 0 Å². The normalized spacial score (nSPS) is 17.8. The van der Waals surface area contributed by atoms with Gasteiger partial charge in [0.15, 0.2) is 0 Å². The number of unbranched alkanes of at least 4 members (excludes halogenated alkanes) is 2. The summed E-state index contributed by atoms with van der Waals surface area (Å²) >= 11 is 0. The predicted molar refractivity (Wildman–Crippen MR) is 142 cm³/mol. The molecule has 3 rings (SSSR count). The van der Waals surface area contributed by atoms with Crippen LogP contribution in [0.2, 0.25) is 0 Å². The molecule has 2 aliphatic heterocycles. The lowest BCUT2D eigenvalue weighted by atomic mass is 10.0. The van der Waals surface area contributed by atoms with Crippen molar-refractivity contribution in [2.75, 3.05) is 45.0 Å². The largest absolute Gasteiger partial charge is 0.379 e. The monoisotopic (exact) mass is 545 g/mol. The zero-order valence-corrected chi connectivity index (χ0v) is 22.8. The maximum Gasteiger partial charge on any atom is 0.264 e. The lowest BCUT2D eigenvalue weighted by molar-refractivity contribution is -0.136. The number of piperidine rings is 1. The predicted octanol–water partition coefficient (Wildman–Crippen LogP) is 2.68. The second kappa shape index (κ2) is 15.4. The third-order valence-electron chi connectivity index (χ3n) is 6.78. The van der Waals surface area contributed by atoms with Crippen LogP contribution in [0.5, 0.6) is 0 Å². The molecule has 0 saturated carbocycles. The molecule has 0 radical (unpaired) electrons. The summed E-state index contributed by atoms with van der Waals surface area (Å²) in [7, 11) is 0. The minimum absolute atomic E-state index is 0.0420. The fourth-order valence-corrected chi connectivity index (χ4v) is 4.34. The molecule has 11 nitrogen and oxygen atoms in total. The van der Waals surface area contributed by atoms with Gasteiger partial charge in [0, 0.05) is 26.1 Å². The first-order chi connectivity index (χ1) is 18.8. The average Bonchev–Trinajstić information content (AvgIpc) is 3.17. The van der Waals surface area contributed by atoms with Crippen LogP contribution in [0.25, 0.3) is 0 Å². The van der Waals surface area contributed by atoms with Gasteiger partial charge in [-0.1, -0.05) is 32.8 Å². The molecule has 214 valence electrons. The second-order valence-electron chi connectivity index (χ2n) is 9.85. The molecule has 2 N–H and O–H groups in total. The van der Waals surface area contributed by atoms with Crippen molar-refractivity contribution < 1.29 is 38.2 Å². The Hall–Kier alpha value is -3.15. The van der Waals surface area contributed by atoms with Crippen LogP contribution in [0.3, 0.4) is 0 Å². The van der Waals surface area contributed by atoms with Gasteiger partial charge in [0.05, 0.1) is 43.2 Å². The average molecular weight is 546 g/mol. The van der Waals surface area contributed by atoms with Gasteiger partial charge in [-0.15, -0.1) is 0 Å². The van der Waals surface area contributed by atoms with E-state index in [9.17, 15) is 24.0 Å². The van der Waals surface area contributed by atoms with E-state index >= 15 is 0 Å². The number of amides is 5. The van der Waals surface area contributed by atoms with Gasteiger partial charge in [-0.2, -0.15) is 0 Å². The highest BCUT2D eigenvalue weighted by atomic mass is 16.5. The molecule has 39 heavy (non-hydrogen) atoms. The molecular weight excluding hydrogens is 506 g/mol. The van der Waals surface area contributed by atoms with Crippen LogP contribution < -0.4 is 10.6 Å². The standard InChI is InChI=1S/C28H39N3O8/c1-3-19(2)18-39-17-16-38-15-14-37-13-6-4-5-10-23(32)29-21-9-7-8-20-25(21)28(36)31(27(20)35)22-11-12-24(33)30-26(22)34/h7-9,19,22H,3-6,10-18H2,1-2H3,(H,29,32)(H,30,33,34). The summed E-state index contributed by atoms with van der Waals surface area (Å²) in [5, 5.41) is 4.90. The molecule has 0 bridgehead atoms. The minimum Gasteiger partial charge on any atom is -0.379 e. The van der Waals surface area contributed by atoms with Crippen molar-refractivity contribution in [1.82, 2.24) is 10.2 Å². The summed E-state index contributed by atoms with van der Waals surface area (Å²) in [5.74, 6) is -2.08. The third kappa shape index (κ3) is 8.67. The van der Waals surface area contributed by atoms with Gasteiger partial charge >= 0.3 is 0 Å². The Morgan fingerprint density at radius 2 is 1.72 bits per heavy atom. The molecule has 0 aliphatic carbocycles. The number of hydrogen-bond donors (Lipinski definition) is 2. The molecule has 5 amide bonds. The van der Waals surface area contributed by atoms with E-state index in [1.165, 1.54) is 6.07 Å². The fourth-order valence-electron chi connectivity index (χ4n) is 4.34. The minimum atomic E-state index is -1.05. The van der Waals surface area contributed by atoms with Gasteiger partial charge in [0.25, 0.3) is 11.8 Å². The van der Waals surface area contributed by atoms with Crippen LogP contribution in [-0.4, -0.2) is 80.1 Å². The number of rotatable bonds is 17. The third-order valence-corrected chi connectivity index (χ3v) is 6.78. The molecule has 2 atom stereocenters. The van der Waals surface area contributed by atoms with E-state index in [2.05, 4.69) is 24.5 Å². The van der Waals surface area contributed by atoms with E-state index in [-0.39, 0.29) is 42.0 Å². The molecule has 2 aliphatic rings. The summed E-state index contributed by atoms with van der Waals surface area (Å²) in [6, 6.07) is 3.57. The number of nitrogens with zero attached hydrogens (tertiary/aromatic N) is 1. The van der Waals surface area contributed by atoms with Crippen LogP contribution in [0.4, 0.5) is 5.69 Å². The fraction of sp³-hybridized carbons (Fsp3) is 0.607. The quantitative estimate of drug-likeness (QED) is 0.225. The number of hydrogen-bond acceptors (Lipinski definition) is 8. The number of fused-ring (bicyclic) bond motifs is 1. The Labute approximate surface area is 228 Å². The number of ether oxygens (including phenoxy) is 3. The van der Waals surface area contributed by atoms with Crippen molar-refractivity contribution in [2.24, 2.45) is 5.92 Å². The highest BCUT2D eigenvalue weighted by Gasteiger charge is 2.45. The lowest BCUT2D eigenvalue weighted by Crippen LogP contribution is -2.54. The molecule has 1 aromatic carbocycles. The summed E-state index contributed by atoms with van der Waals surface area (Å²) in [6.07, 6.45) is 3.71. The SMILES string of the molecule is CCC(C)COCCOCCOCCCCCC(=O)Nc1cccc2c1C(=O)N(C1CCC(=O)NC1=O)C2=O. The topological polar surface area (TPSA) is 140 Å². The molecule has 1 fully saturated rings. The summed E-state index contributed by atoms with van der Waals surface area (Å²) in [5.41, 5.74) is 0.430. The summed E-state index contributed by atoms with van der Waals surface area (Å²) < 4.78 is 16.6. The number of imide groups is 2. The van der Waals surface area contributed by atoms with Crippen LogP contribution >= 0.6 is 0 Å². The molecule has 2 unspecified atom stereocenters. The number of carbonyl (C=O) groups is 5. The number of benzene rings is 1. The van der Waals surface area contributed by atoms with Gasteiger partial charge in [-0.05, 0) is 37.3 Å². The van der Waals surface area contributed by atoms with Gasteiger partial charge in [0.2, 0.25) is 17.7 Å². The smallest absolute Gasteiger partial charge is 0.264 e. The van der Waals surface area contributed by atoms with E-state index in [0.29, 0.717) is 45.4 Å². The van der Waals surface area contributed by atoms with Gasteiger partial charge in [-0.3, -0.25) is 34.2 Å². The van der Waals surface area contributed by atoms with E-state index in [1.807, 2.05) is 0 Å². The molecule has 1 saturated heterocycles. The second-order valence-corrected chi connectivity index (χ2v) is 9.85. The molecule has 0 spiro atoms. The number of nitrogens with one attached hydrogen (secondary N) is 2. The van der Waals surface area contributed by atoms with Gasteiger partial charge in [-0.25, -0.2) is 0 Å². The van der Waals surface area contributed by atoms with Crippen molar-refractivity contribution in [2.45, 2.75) is 64.8 Å². The molecule has 0 aromatic heterocycles. The lowest BCUT2D eigenvalue weighted by Gasteiger charge is -2.27. The molecule has 2 heterocycles. The van der Waals surface area contributed by atoms with Gasteiger partial charge < -0.3 is 19.5 Å². The van der Waals surface area contributed by atoms with Crippen molar-refractivity contribution in [3.05, 3.63) is 29.3 Å². The first kappa shape index (κ1) is 30.4. The zero-order valence-electron chi connectivity index (χ0n) is 22.8. The maximum absolute atomic E-state index is 13.1. The molecular formula is C28H39N3O8. The Morgan fingerprint density at radius 3 is 2.44 bits per heavy atom. The summed E-state index contributed by atoms with van der Waals surface area (Å²) in [4.78, 5) is 63.1. The molecule has 11 heteroatoms. The summed E-state index contributed by atoms with van der Waals surface area (Å²) in [6.45, 7) is 7.78. The highest BCUT2D eigenvalue weighted by molar-refractivity contribution is 6.26. The van der Waals surface area contributed by atoms with Crippen LogP contribution in [0.15, 0.2) is 18.2 Å². The number of anilines is 1.